The molecule has 18 aromatic rings. The van der Waals surface area contributed by atoms with Gasteiger partial charge >= 0.3 is 7.12 Å². The molecule has 0 atom stereocenters. The van der Waals surface area contributed by atoms with Crippen LogP contribution in [0.2, 0.25) is 0 Å². The van der Waals surface area contributed by atoms with Crippen molar-refractivity contribution in [2.24, 2.45) is 0 Å². The number of hydrogen-bond acceptors (Lipinski definition) is 8. The average Bonchev–Trinajstić information content (AvgIpc) is 1.61. The Kier molecular flexibility index (Phi) is 16.4. The molecule has 12 nitrogen and oxygen atoms in total. The first kappa shape index (κ1) is 63.3. The summed E-state index contributed by atoms with van der Waals surface area (Å²) in [6.07, 6.45) is 7.48. The zero-order chi connectivity index (χ0) is 68.9. The number of fused-ring (bicyclic) bond motifs is 8. The quantitative estimate of drug-likeness (QED) is 0.124. The second-order valence-electron chi connectivity index (χ2n) is 26.3. The molecule has 490 valence electrons. The van der Waals surface area contributed by atoms with Crippen molar-refractivity contribution in [2.45, 2.75) is 38.9 Å². The number of halogens is 1. The molecule has 0 amide bonds. The van der Waals surface area contributed by atoms with Crippen LogP contribution in [0.4, 0.5) is 0 Å². The average molecular weight is 1390 g/mol. The number of nitrogens with zero attached hydrogens (tertiary/aromatic N) is 10. The van der Waals surface area contributed by atoms with Gasteiger partial charge in [-0.2, -0.15) is 0 Å². The number of benzene rings is 10. The fraction of sp³-hybridized carbons (Fsp3) is 0.0682. The van der Waals surface area contributed by atoms with Crippen LogP contribution < -0.4 is 5.46 Å². The summed E-state index contributed by atoms with van der Waals surface area (Å²) in [6, 6.07) is 105. The molecule has 0 N–H and O–H groups in total. The third-order valence-corrected chi connectivity index (χ3v) is 20.0. The Morgan fingerprint density at radius 1 is 0.284 bits per heavy atom. The van der Waals surface area contributed by atoms with Crippen LogP contribution in [-0.2, 0) is 9.31 Å². The molecule has 10 aromatic carbocycles. The van der Waals surface area contributed by atoms with Gasteiger partial charge in [-0.05, 0) is 171 Å². The molecule has 0 saturated carbocycles. The lowest BCUT2D eigenvalue weighted by Gasteiger charge is -2.32. The second kappa shape index (κ2) is 26.5. The van der Waals surface area contributed by atoms with E-state index in [2.05, 4.69) is 267 Å². The molecule has 102 heavy (non-hydrogen) atoms. The maximum absolute atomic E-state index is 6.16. The van der Waals surface area contributed by atoms with Gasteiger partial charge in [0.1, 0.15) is 11.4 Å². The van der Waals surface area contributed by atoms with E-state index in [1.165, 1.54) is 43.6 Å². The van der Waals surface area contributed by atoms with Gasteiger partial charge < -0.3 is 18.4 Å². The summed E-state index contributed by atoms with van der Waals surface area (Å²) in [7, 11) is -0.399. The molecule has 0 unspecified atom stereocenters. The zero-order valence-electron chi connectivity index (χ0n) is 56.4. The lowest BCUT2D eigenvalue weighted by molar-refractivity contribution is 0.00578. The zero-order valence-corrected chi connectivity index (χ0v) is 58.0. The first-order chi connectivity index (χ1) is 50.0. The van der Waals surface area contributed by atoms with Crippen LogP contribution in [0, 0.1) is 0 Å². The van der Waals surface area contributed by atoms with Crippen molar-refractivity contribution in [1.82, 2.24) is 48.2 Å². The van der Waals surface area contributed by atoms with Gasteiger partial charge in [0.2, 0.25) is 0 Å². The Morgan fingerprint density at radius 3 is 0.980 bits per heavy atom. The Labute approximate surface area is 598 Å². The summed E-state index contributed by atoms with van der Waals surface area (Å²) in [5.41, 5.74) is 21.2. The summed E-state index contributed by atoms with van der Waals surface area (Å²) in [4.78, 5) is 28.6. The number of rotatable bonds is 10. The fourth-order valence-corrected chi connectivity index (χ4v) is 13.9. The van der Waals surface area contributed by atoms with E-state index in [1.807, 2.05) is 122 Å². The van der Waals surface area contributed by atoms with E-state index in [0.717, 1.165) is 111 Å². The minimum atomic E-state index is -0.399. The Hall–Kier alpha value is -12.2. The molecule has 1 fully saturated rings. The third-order valence-electron chi connectivity index (χ3n) is 19.5. The third kappa shape index (κ3) is 11.8. The molecule has 0 aliphatic carbocycles. The Balaban J connectivity index is 0.000000121. The van der Waals surface area contributed by atoms with E-state index in [9.17, 15) is 0 Å². The lowest BCUT2D eigenvalue weighted by atomic mass is 9.80. The first-order valence-corrected chi connectivity index (χ1v) is 34.9. The number of para-hydroxylation sites is 10. The molecule has 1 saturated heterocycles. The maximum Gasteiger partial charge on any atom is 0.496 e. The molecule has 8 aromatic heterocycles. The first-order valence-electron chi connectivity index (χ1n) is 34.1. The summed E-state index contributed by atoms with van der Waals surface area (Å²) < 4.78 is 22.2. The highest BCUT2D eigenvalue weighted by Gasteiger charge is 2.52. The van der Waals surface area contributed by atoms with Crippen molar-refractivity contribution in [3.8, 4) is 79.4 Å². The number of aromatic nitrogens is 10. The van der Waals surface area contributed by atoms with Crippen LogP contribution in [0.5, 0.6) is 0 Å². The summed E-state index contributed by atoms with van der Waals surface area (Å²) in [5, 5.41) is 5.05. The molecular weight excluding hydrogens is 1320 g/mol. The molecule has 1 aliphatic rings. The van der Waals surface area contributed by atoms with E-state index in [0.29, 0.717) is 0 Å². The van der Waals surface area contributed by atoms with Gasteiger partial charge in [0, 0.05) is 101 Å². The van der Waals surface area contributed by atoms with Crippen LogP contribution in [-0.4, -0.2) is 66.5 Å². The van der Waals surface area contributed by atoms with Crippen LogP contribution in [0.1, 0.15) is 27.7 Å². The Bertz CT molecular complexity index is 5930. The fourth-order valence-electron chi connectivity index (χ4n) is 13.7. The predicted octanol–water partition coefficient (Wildman–Crippen LogP) is 20.9. The van der Waals surface area contributed by atoms with Crippen molar-refractivity contribution in [3.63, 3.8) is 0 Å². The van der Waals surface area contributed by atoms with Gasteiger partial charge in [-0.25, -0.2) is 9.97 Å². The largest absolute Gasteiger partial charge is 0.496 e. The van der Waals surface area contributed by atoms with Crippen molar-refractivity contribution in [2.75, 3.05) is 0 Å². The minimum absolute atomic E-state index is 0.362. The molecule has 0 radical (unpaired) electrons. The monoisotopic (exact) mass is 1380 g/mol. The van der Waals surface area contributed by atoms with E-state index in [1.54, 1.807) is 6.20 Å². The summed E-state index contributed by atoms with van der Waals surface area (Å²) in [6.45, 7) is 8.25. The SMILES string of the molecule is Brc1ccc(-c2nc3ccccc3n2-c2ccccc2)nc1.CC1(C)OB(c2ccc(-c3ccc(-n4c5ccccc5c5ccccc54)cc3)nc2)OC1(C)C.c1ccc(-n2c(-c3ccc(-c4ccc(-c5ccc(-n6c7ccccc7c7ccccc76)cc5)nc4)cn3)nc3ccccc32)cc1. The molecule has 1 aliphatic heterocycles. The number of pyridine rings is 4. The van der Waals surface area contributed by atoms with E-state index in [4.69, 9.17) is 34.2 Å². The Morgan fingerprint density at radius 2 is 0.608 bits per heavy atom. The second-order valence-corrected chi connectivity index (χ2v) is 27.2. The lowest BCUT2D eigenvalue weighted by Crippen LogP contribution is -2.41. The van der Waals surface area contributed by atoms with Gasteiger partial charge in [-0.1, -0.05) is 176 Å². The molecular formula is C88H66BBrN10O2. The molecule has 0 bridgehead atoms. The van der Waals surface area contributed by atoms with Crippen LogP contribution >= 0.6 is 15.9 Å². The van der Waals surface area contributed by atoms with Gasteiger partial charge in [0.15, 0.2) is 11.6 Å². The highest BCUT2D eigenvalue weighted by Crippen LogP contribution is 2.39. The topological polar surface area (TPSA) is 116 Å². The number of hydrogen-bond donors (Lipinski definition) is 0. The normalized spacial score (nSPS) is 13.2. The smallest absolute Gasteiger partial charge is 0.399 e. The standard InChI is InChI=1S/C41H27N5.C29H27BN2O2.C18H12BrN3/c1-2-10-31(11-3-1)46-40-17-9-6-14-36(40)44-41(46)37-25-21-30(27-43-37)29-20-24-35(42-26-29)28-18-22-32(23-19-28)45-38-15-7-4-12-33(38)34-13-5-8-16-39(34)45;1-28(2)29(3,4)34-30(33-28)21-15-18-25(31-19-21)20-13-16-22(17-14-20)32-26-11-7-5-9-23(26)24-10-6-8-12-27(24)32;19-13-10-11-16(20-12-13)18-21-15-8-4-5-9-17(15)22(18)14-6-2-1-3-7-14/h1-27H;5-19H,1-4H3;1-12H. The van der Waals surface area contributed by atoms with E-state index < -0.39 is 7.12 Å². The van der Waals surface area contributed by atoms with Crippen molar-refractivity contribution in [3.05, 3.63) is 333 Å². The van der Waals surface area contributed by atoms with Gasteiger partial charge in [-0.3, -0.25) is 29.1 Å². The minimum Gasteiger partial charge on any atom is -0.399 e. The molecule has 0 spiro atoms. The van der Waals surface area contributed by atoms with Gasteiger partial charge in [0.05, 0.1) is 66.7 Å². The summed E-state index contributed by atoms with van der Waals surface area (Å²) >= 11 is 3.43. The van der Waals surface area contributed by atoms with Crippen LogP contribution in [0.3, 0.4) is 0 Å². The van der Waals surface area contributed by atoms with Crippen molar-refractivity contribution in [1.29, 1.82) is 0 Å². The highest BCUT2D eigenvalue weighted by molar-refractivity contribution is 9.10. The molecule has 19 rings (SSSR count). The molecule has 14 heteroatoms. The van der Waals surface area contributed by atoms with Crippen molar-refractivity contribution < 1.29 is 9.31 Å². The number of imidazole rings is 2. The summed E-state index contributed by atoms with van der Waals surface area (Å²) in [5.74, 6) is 1.66. The van der Waals surface area contributed by atoms with Crippen LogP contribution in [0.15, 0.2) is 333 Å². The van der Waals surface area contributed by atoms with E-state index >= 15 is 0 Å². The maximum atomic E-state index is 6.16. The van der Waals surface area contributed by atoms with Crippen LogP contribution in [0.25, 0.3) is 145 Å². The van der Waals surface area contributed by atoms with Gasteiger partial charge in [0.25, 0.3) is 0 Å². The highest BCUT2D eigenvalue weighted by atomic mass is 79.9. The molecule has 9 heterocycles. The van der Waals surface area contributed by atoms with Gasteiger partial charge in [-0.15, -0.1) is 0 Å². The van der Waals surface area contributed by atoms with Crippen molar-refractivity contribution >= 4 is 94.2 Å². The van der Waals surface area contributed by atoms with E-state index in [-0.39, 0.29) is 11.2 Å². The predicted molar refractivity (Wildman–Crippen MR) is 419 cm³/mol.